The van der Waals surface area contributed by atoms with Crippen molar-refractivity contribution in [1.82, 2.24) is 9.78 Å². The number of aryl methyl sites for hydroxylation is 2. The second-order valence-corrected chi connectivity index (χ2v) is 4.94. The van der Waals surface area contributed by atoms with Gasteiger partial charge in [0.1, 0.15) is 5.82 Å². The lowest BCUT2D eigenvalue weighted by Gasteiger charge is -2.06. The van der Waals surface area contributed by atoms with Gasteiger partial charge >= 0.3 is 0 Å². The minimum Gasteiger partial charge on any atom is -0.240 e. The Balaban J connectivity index is 2.04. The van der Waals surface area contributed by atoms with Gasteiger partial charge in [0.25, 0.3) is 0 Å². The summed E-state index contributed by atoms with van der Waals surface area (Å²) in [5.41, 5.74) is 4.73. The SMILES string of the molecule is Cc1ccc(-n2cc(-c3ccccc3F)cn2)c(C)c1. The maximum atomic E-state index is 13.8. The summed E-state index contributed by atoms with van der Waals surface area (Å²) in [7, 11) is 0. The normalized spacial score (nSPS) is 10.8. The zero-order chi connectivity index (χ0) is 14.1. The highest BCUT2D eigenvalue weighted by molar-refractivity contribution is 5.63. The summed E-state index contributed by atoms with van der Waals surface area (Å²) in [4.78, 5) is 0. The molecule has 0 radical (unpaired) electrons. The molecule has 3 aromatic rings. The molecule has 2 nitrogen and oxygen atoms in total. The minimum atomic E-state index is -0.229. The summed E-state index contributed by atoms with van der Waals surface area (Å²) >= 11 is 0. The average molecular weight is 266 g/mol. The molecule has 0 aliphatic rings. The molecule has 0 N–H and O–H groups in total. The van der Waals surface area contributed by atoms with Crippen LogP contribution in [0, 0.1) is 19.7 Å². The second kappa shape index (κ2) is 4.93. The molecule has 100 valence electrons. The van der Waals surface area contributed by atoms with Crippen molar-refractivity contribution in [3.05, 3.63) is 71.8 Å². The Morgan fingerprint density at radius 2 is 1.85 bits per heavy atom. The van der Waals surface area contributed by atoms with Crippen molar-refractivity contribution in [1.29, 1.82) is 0 Å². The van der Waals surface area contributed by atoms with Gasteiger partial charge in [-0.1, -0.05) is 35.9 Å². The van der Waals surface area contributed by atoms with E-state index in [4.69, 9.17) is 0 Å². The van der Waals surface area contributed by atoms with Crippen LogP contribution >= 0.6 is 0 Å². The fourth-order valence-corrected chi connectivity index (χ4v) is 2.35. The predicted octanol–water partition coefficient (Wildman–Crippen LogP) is 4.30. The molecule has 0 aliphatic carbocycles. The zero-order valence-electron chi connectivity index (χ0n) is 11.5. The number of halogens is 1. The van der Waals surface area contributed by atoms with Crippen molar-refractivity contribution < 1.29 is 4.39 Å². The third-order valence-electron chi connectivity index (χ3n) is 3.37. The van der Waals surface area contributed by atoms with Crippen LogP contribution in [-0.4, -0.2) is 9.78 Å². The van der Waals surface area contributed by atoms with Crippen molar-refractivity contribution >= 4 is 0 Å². The highest BCUT2D eigenvalue weighted by Gasteiger charge is 2.08. The second-order valence-electron chi connectivity index (χ2n) is 4.94. The first-order valence-corrected chi connectivity index (χ1v) is 6.52. The van der Waals surface area contributed by atoms with Crippen molar-refractivity contribution in [3.8, 4) is 16.8 Å². The Labute approximate surface area is 117 Å². The lowest BCUT2D eigenvalue weighted by molar-refractivity contribution is 0.631. The lowest BCUT2D eigenvalue weighted by Crippen LogP contribution is -1.97. The first-order chi connectivity index (χ1) is 9.65. The third-order valence-corrected chi connectivity index (χ3v) is 3.37. The van der Waals surface area contributed by atoms with Crippen molar-refractivity contribution in [2.24, 2.45) is 0 Å². The molecule has 1 heterocycles. The molecule has 1 aromatic heterocycles. The zero-order valence-corrected chi connectivity index (χ0v) is 11.5. The quantitative estimate of drug-likeness (QED) is 0.676. The van der Waals surface area contributed by atoms with Gasteiger partial charge in [0.2, 0.25) is 0 Å². The van der Waals surface area contributed by atoms with Crippen LogP contribution in [0.5, 0.6) is 0 Å². The number of aromatic nitrogens is 2. The smallest absolute Gasteiger partial charge is 0.131 e. The molecule has 20 heavy (non-hydrogen) atoms. The van der Waals surface area contributed by atoms with Gasteiger partial charge in [0, 0.05) is 17.3 Å². The van der Waals surface area contributed by atoms with Crippen molar-refractivity contribution in [2.45, 2.75) is 13.8 Å². The van der Waals surface area contributed by atoms with E-state index < -0.39 is 0 Å². The molecule has 0 atom stereocenters. The summed E-state index contributed by atoms with van der Waals surface area (Å²) in [6, 6.07) is 12.9. The van der Waals surface area contributed by atoms with E-state index in [0.29, 0.717) is 5.56 Å². The van der Waals surface area contributed by atoms with E-state index in [1.165, 1.54) is 11.6 Å². The monoisotopic (exact) mass is 266 g/mol. The van der Waals surface area contributed by atoms with Gasteiger partial charge in [-0.25, -0.2) is 9.07 Å². The van der Waals surface area contributed by atoms with Gasteiger partial charge in [-0.15, -0.1) is 0 Å². The van der Waals surface area contributed by atoms with Crippen LogP contribution < -0.4 is 0 Å². The van der Waals surface area contributed by atoms with E-state index in [2.05, 4.69) is 18.1 Å². The Morgan fingerprint density at radius 1 is 1.05 bits per heavy atom. The van der Waals surface area contributed by atoms with Gasteiger partial charge < -0.3 is 0 Å². The summed E-state index contributed by atoms with van der Waals surface area (Å²) < 4.78 is 15.6. The van der Waals surface area contributed by atoms with Gasteiger partial charge in [-0.05, 0) is 31.5 Å². The highest BCUT2D eigenvalue weighted by Crippen LogP contribution is 2.24. The molecule has 0 aliphatic heterocycles. The van der Waals surface area contributed by atoms with E-state index in [0.717, 1.165) is 16.8 Å². The van der Waals surface area contributed by atoms with Crippen molar-refractivity contribution in [2.75, 3.05) is 0 Å². The maximum absolute atomic E-state index is 13.8. The summed E-state index contributed by atoms with van der Waals surface area (Å²) in [6.45, 7) is 4.11. The Kier molecular flexibility index (Phi) is 3.11. The van der Waals surface area contributed by atoms with Gasteiger partial charge in [0.05, 0.1) is 11.9 Å². The Bertz CT molecular complexity index is 759. The van der Waals surface area contributed by atoms with Gasteiger partial charge in [0.15, 0.2) is 0 Å². The highest BCUT2D eigenvalue weighted by atomic mass is 19.1. The van der Waals surface area contributed by atoms with E-state index in [1.54, 1.807) is 23.0 Å². The molecular formula is C17H15FN2. The van der Waals surface area contributed by atoms with Crippen LogP contribution in [0.3, 0.4) is 0 Å². The molecule has 0 unspecified atom stereocenters. The molecule has 0 fully saturated rings. The first-order valence-electron chi connectivity index (χ1n) is 6.52. The molecule has 3 rings (SSSR count). The topological polar surface area (TPSA) is 17.8 Å². The van der Waals surface area contributed by atoms with Crippen LogP contribution in [0.15, 0.2) is 54.9 Å². The summed E-state index contributed by atoms with van der Waals surface area (Å²) in [6.07, 6.45) is 3.55. The van der Waals surface area contributed by atoms with Crippen LogP contribution in [0.2, 0.25) is 0 Å². The molecule has 0 amide bonds. The number of hydrogen-bond acceptors (Lipinski definition) is 1. The number of rotatable bonds is 2. The molecule has 0 saturated carbocycles. The van der Waals surface area contributed by atoms with Crippen LogP contribution in [0.4, 0.5) is 4.39 Å². The van der Waals surface area contributed by atoms with E-state index >= 15 is 0 Å². The van der Waals surface area contributed by atoms with Gasteiger partial charge in [-0.2, -0.15) is 5.10 Å². The average Bonchev–Trinajstić information content (AvgIpc) is 2.88. The summed E-state index contributed by atoms with van der Waals surface area (Å²) in [5, 5.41) is 4.34. The van der Waals surface area contributed by atoms with E-state index in [1.807, 2.05) is 31.3 Å². The van der Waals surface area contributed by atoms with Crippen LogP contribution in [0.25, 0.3) is 16.8 Å². The Morgan fingerprint density at radius 3 is 2.60 bits per heavy atom. The molecule has 2 aromatic carbocycles. The maximum Gasteiger partial charge on any atom is 0.131 e. The number of benzene rings is 2. The van der Waals surface area contributed by atoms with E-state index in [9.17, 15) is 4.39 Å². The van der Waals surface area contributed by atoms with E-state index in [-0.39, 0.29) is 5.82 Å². The standard InChI is InChI=1S/C17H15FN2/c1-12-7-8-17(13(2)9-12)20-11-14(10-19-20)15-5-3-4-6-16(15)18/h3-11H,1-2H3. The fraction of sp³-hybridized carbons (Fsp3) is 0.118. The predicted molar refractivity (Wildman–Crippen MR) is 78.4 cm³/mol. The van der Waals surface area contributed by atoms with Crippen molar-refractivity contribution in [3.63, 3.8) is 0 Å². The number of hydrogen-bond donors (Lipinski definition) is 0. The van der Waals surface area contributed by atoms with Crippen LogP contribution in [0.1, 0.15) is 11.1 Å². The fourth-order valence-electron chi connectivity index (χ4n) is 2.35. The first kappa shape index (κ1) is 12.6. The Hall–Kier alpha value is -2.42. The molecule has 0 saturated heterocycles. The minimum absolute atomic E-state index is 0.229. The number of nitrogens with zero attached hydrogens (tertiary/aromatic N) is 2. The molecule has 3 heteroatoms. The molecular weight excluding hydrogens is 251 g/mol. The molecule has 0 bridgehead atoms. The van der Waals surface area contributed by atoms with Gasteiger partial charge in [-0.3, -0.25) is 0 Å². The summed E-state index contributed by atoms with van der Waals surface area (Å²) in [5.74, 6) is -0.229. The van der Waals surface area contributed by atoms with Crippen LogP contribution in [-0.2, 0) is 0 Å². The molecule has 0 spiro atoms. The lowest BCUT2D eigenvalue weighted by atomic mass is 10.1. The third kappa shape index (κ3) is 2.23. The largest absolute Gasteiger partial charge is 0.240 e.